The van der Waals surface area contributed by atoms with E-state index < -0.39 is 5.97 Å². The molecule has 0 saturated heterocycles. The van der Waals surface area contributed by atoms with E-state index in [9.17, 15) is 15.0 Å². The number of ether oxygens (including phenoxy) is 1. The molecule has 0 amide bonds. The summed E-state index contributed by atoms with van der Waals surface area (Å²) in [6.45, 7) is 2.26. The van der Waals surface area contributed by atoms with Gasteiger partial charge in [-0.3, -0.25) is 0 Å². The van der Waals surface area contributed by atoms with Gasteiger partial charge in [0.1, 0.15) is 0 Å². The van der Waals surface area contributed by atoms with Crippen LogP contribution >= 0.6 is 0 Å². The van der Waals surface area contributed by atoms with Gasteiger partial charge in [0.15, 0.2) is 11.5 Å². The van der Waals surface area contributed by atoms with Crippen LogP contribution in [-0.2, 0) is 4.79 Å². The Balaban J connectivity index is 2.14. The van der Waals surface area contributed by atoms with Crippen LogP contribution in [0.15, 0.2) is 23.8 Å². The summed E-state index contributed by atoms with van der Waals surface area (Å²) in [5, 5.41) is 19.1. The lowest BCUT2D eigenvalue weighted by Gasteiger charge is -2.06. The highest BCUT2D eigenvalue weighted by Gasteiger charge is 2.09. The molecule has 2 N–H and O–H groups in total. The van der Waals surface area contributed by atoms with Crippen molar-refractivity contribution in [1.82, 2.24) is 0 Å². The first-order chi connectivity index (χ1) is 14.6. The molecule has 0 heterocycles. The van der Waals surface area contributed by atoms with E-state index in [1.54, 1.807) is 18.2 Å². The van der Waals surface area contributed by atoms with E-state index in [1.165, 1.54) is 90.2 Å². The third kappa shape index (κ3) is 11.9. The van der Waals surface area contributed by atoms with Crippen LogP contribution in [0, 0.1) is 0 Å². The predicted molar refractivity (Wildman–Crippen MR) is 125 cm³/mol. The summed E-state index contributed by atoms with van der Waals surface area (Å²) < 4.78 is 5.09. The lowest BCUT2D eigenvalue weighted by Crippen LogP contribution is -2.00. The lowest BCUT2D eigenvalue weighted by molar-refractivity contribution is -0.132. The highest BCUT2D eigenvalue weighted by atomic mass is 16.5. The molecule has 1 aromatic rings. The smallest absolute Gasteiger partial charge is 0.331 e. The summed E-state index contributed by atoms with van der Waals surface area (Å²) >= 11 is 0. The van der Waals surface area contributed by atoms with Gasteiger partial charge in [0.2, 0.25) is 0 Å². The van der Waals surface area contributed by atoms with E-state index >= 15 is 0 Å². The van der Waals surface area contributed by atoms with E-state index in [-0.39, 0.29) is 5.75 Å². The van der Waals surface area contributed by atoms with Gasteiger partial charge in [0, 0.05) is 5.57 Å². The van der Waals surface area contributed by atoms with E-state index in [0.29, 0.717) is 17.7 Å². The summed E-state index contributed by atoms with van der Waals surface area (Å²) in [6.07, 6.45) is 20.3. The van der Waals surface area contributed by atoms with Crippen molar-refractivity contribution in [1.29, 1.82) is 0 Å². The summed E-state index contributed by atoms with van der Waals surface area (Å²) in [4.78, 5) is 11.5. The molecule has 0 aliphatic rings. The number of methoxy groups -OCH3 is 1. The first-order valence-corrected chi connectivity index (χ1v) is 11.9. The van der Waals surface area contributed by atoms with Crippen molar-refractivity contribution in [3.8, 4) is 11.5 Å². The summed E-state index contributed by atoms with van der Waals surface area (Å²) in [6, 6.07) is 4.88. The second-order valence-corrected chi connectivity index (χ2v) is 8.25. The van der Waals surface area contributed by atoms with Crippen LogP contribution in [0.5, 0.6) is 11.5 Å². The monoisotopic (exact) mass is 418 g/mol. The molecule has 4 nitrogen and oxygen atoms in total. The van der Waals surface area contributed by atoms with Gasteiger partial charge in [-0.25, -0.2) is 4.79 Å². The quantitative estimate of drug-likeness (QED) is 0.189. The zero-order valence-corrected chi connectivity index (χ0v) is 19.1. The molecule has 0 unspecified atom stereocenters. The molecule has 0 spiro atoms. The third-order valence-corrected chi connectivity index (χ3v) is 5.62. The highest BCUT2D eigenvalue weighted by molar-refractivity contribution is 5.92. The van der Waals surface area contributed by atoms with E-state index in [2.05, 4.69) is 6.92 Å². The van der Waals surface area contributed by atoms with Crippen molar-refractivity contribution in [2.75, 3.05) is 7.11 Å². The van der Waals surface area contributed by atoms with Gasteiger partial charge in [0.25, 0.3) is 0 Å². The molecule has 0 fully saturated rings. The third-order valence-electron chi connectivity index (χ3n) is 5.62. The molecule has 0 atom stereocenters. The minimum absolute atomic E-state index is 0.0542. The molecule has 0 radical (unpaired) electrons. The first kappa shape index (κ1) is 26.1. The van der Waals surface area contributed by atoms with Crippen LogP contribution < -0.4 is 4.74 Å². The molecule has 0 aliphatic carbocycles. The molecular formula is C26H42O4. The number of unbranched alkanes of at least 4 members (excludes halogenated alkanes) is 13. The van der Waals surface area contributed by atoms with Crippen LogP contribution in [0.25, 0.3) is 6.08 Å². The van der Waals surface area contributed by atoms with Gasteiger partial charge in [-0.1, -0.05) is 96.5 Å². The zero-order chi connectivity index (χ0) is 22.0. The minimum atomic E-state index is -0.878. The van der Waals surface area contributed by atoms with E-state index in [4.69, 9.17) is 4.74 Å². The number of hydrogen-bond donors (Lipinski definition) is 2. The van der Waals surface area contributed by atoms with Crippen LogP contribution in [-0.4, -0.2) is 23.3 Å². The largest absolute Gasteiger partial charge is 0.504 e. The maximum Gasteiger partial charge on any atom is 0.331 e. The molecular weight excluding hydrogens is 376 g/mol. The van der Waals surface area contributed by atoms with Gasteiger partial charge in [-0.15, -0.1) is 0 Å². The standard InChI is InChI=1S/C26H42O4/c1-3-4-5-6-7-8-9-10-11-12-13-14-15-16-17-23(26(28)29)20-22-18-19-24(27)25(21-22)30-2/h18-21,27H,3-17H2,1-2H3,(H,28,29). The summed E-state index contributed by atoms with van der Waals surface area (Å²) in [7, 11) is 1.48. The first-order valence-electron chi connectivity index (χ1n) is 11.9. The SMILES string of the molecule is CCCCCCCCCCCCCCCCC(=Cc1ccc(O)c(OC)c1)C(=O)O. The Morgan fingerprint density at radius 1 is 0.867 bits per heavy atom. The summed E-state index contributed by atoms with van der Waals surface area (Å²) in [5.74, 6) is -0.472. The number of carboxylic acids is 1. The number of benzene rings is 1. The molecule has 0 aromatic heterocycles. The van der Waals surface area contributed by atoms with Crippen LogP contribution in [0.2, 0.25) is 0 Å². The van der Waals surface area contributed by atoms with Crippen molar-refractivity contribution in [3.63, 3.8) is 0 Å². The maximum absolute atomic E-state index is 11.5. The highest BCUT2D eigenvalue weighted by Crippen LogP contribution is 2.27. The number of phenols is 1. The van der Waals surface area contributed by atoms with Crippen molar-refractivity contribution < 1.29 is 19.7 Å². The Labute approximate surface area is 183 Å². The minimum Gasteiger partial charge on any atom is -0.504 e. The van der Waals surface area contributed by atoms with Gasteiger partial charge in [-0.05, 0) is 36.6 Å². The number of rotatable bonds is 18. The molecule has 30 heavy (non-hydrogen) atoms. The lowest BCUT2D eigenvalue weighted by atomic mass is 10.0. The van der Waals surface area contributed by atoms with Crippen LogP contribution in [0.1, 0.15) is 109 Å². The Kier molecular flexibility index (Phi) is 14.6. The predicted octanol–water partition coefficient (Wildman–Crippen LogP) is 7.74. The second kappa shape index (κ2) is 16.8. The Bertz CT molecular complexity index is 621. The Hall–Kier alpha value is -1.97. The molecule has 0 saturated carbocycles. The fourth-order valence-electron chi connectivity index (χ4n) is 3.74. The maximum atomic E-state index is 11.5. The number of carbonyl (C=O) groups is 1. The Morgan fingerprint density at radius 2 is 1.37 bits per heavy atom. The number of phenolic OH excluding ortho intramolecular Hbond substituents is 1. The Morgan fingerprint density at radius 3 is 1.83 bits per heavy atom. The number of aromatic hydroxyl groups is 1. The molecule has 0 bridgehead atoms. The molecule has 4 heteroatoms. The average Bonchev–Trinajstić information content (AvgIpc) is 2.74. The number of hydrogen-bond acceptors (Lipinski definition) is 3. The fourth-order valence-corrected chi connectivity index (χ4v) is 3.74. The van der Waals surface area contributed by atoms with Crippen molar-refractivity contribution in [2.24, 2.45) is 0 Å². The normalized spacial score (nSPS) is 11.6. The molecule has 1 aromatic carbocycles. The van der Waals surface area contributed by atoms with Crippen molar-refractivity contribution in [2.45, 2.75) is 103 Å². The van der Waals surface area contributed by atoms with E-state index in [0.717, 1.165) is 18.4 Å². The topological polar surface area (TPSA) is 66.8 Å². The van der Waals surface area contributed by atoms with Crippen LogP contribution in [0.3, 0.4) is 0 Å². The second-order valence-electron chi connectivity index (χ2n) is 8.25. The van der Waals surface area contributed by atoms with Crippen LogP contribution in [0.4, 0.5) is 0 Å². The number of carboxylic acid groups (broad SMARTS) is 1. The zero-order valence-electron chi connectivity index (χ0n) is 19.1. The fraction of sp³-hybridized carbons (Fsp3) is 0.654. The van der Waals surface area contributed by atoms with Gasteiger partial charge < -0.3 is 14.9 Å². The van der Waals surface area contributed by atoms with E-state index in [1.807, 2.05) is 0 Å². The van der Waals surface area contributed by atoms with Gasteiger partial charge in [0.05, 0.1) is 7.11 Å². The molecule has 1 rings (SSSR count). The van der Waals surface area contributed by atoms with Crippen molar-refractivity contribution in [3.05, 3.63) is 29.3 Å². The van der Waals surface area contributed by atoms with Gasteiger partial charge >= 0.3 is 5.97 Å². The molecule has 0 aliphatic heterocycles. The molecule has 170 valence electrons. The average molecular weight is 419 g/mol. The number of aliphatic carboxylic acids is 1. The van der Waals surface area contributed by atoms with Gasteiger partial charge in [-0.2, -0.15) is 0 Å². The van der Waals surface area contributed by atoms with Crippen molar-refractivity contribution >= 4 is 12.0 Å². The summed E-state index contributed by atoms with van der Waals surface area (Å²) in [5.41, 5.74) is 1.13.